The third-order valence-electron chi connectivity index (χ3n) is 2.40. The second kappa shape index (κ2) is 6.00. The molecule has 0 spiro atoms. The first-order valence-corrected chi connectivity index (χ1v) is 5.30. The summed E-state index contributed by atoms with van der Waals surface area (Å²) in [4.78, 5) is 22.3. The van der Waals surface area contributed by atoms with Crippen LogP contribution in [0.2, 0.25) is 0 Å². The lowest BCUT2D eigenvalue weighted by Gasteiger charge is -2.11. The van der Waals surface area contributed by atoms with Crippen LogP contribution >= 0.6 is 0 Å². The van der Waals surface area contributed by atoms with Crippen LogP contribution in [-0.4, -0.2) is 30.6 Å². The Balaban J connectivity index is 2.78. The summed E-state index contributed by atoms with van der Waals surface area (Å²) in [5, 5.41) is 11.1. The van der Waals surface area contributed by atoms with Crippen LogP contribution in [0.25, 0.3) is 0 Å². The van der Waals surface area contributed by atoms with Gasteiger partial charge in [-0.05, 0) is 18.2 Å². The van der Waals surface area contributed by atoms with Crippen LogP contribution in [-0.2, 0) is 4.79 Å². The maximum Gasteiger partial charge on any atom is 0.308 e. The first kappa shape index (κ1) is 14.0. The smallest absolute Gasteiger partial charge is 0.308 e. The molecular weight excluding hydrogens is 241 g/mol. The number of rotatable bonds is 5. The van der Waals surface area contributed by atoms with E-state index in [0.29, 0.717) is 0 Å². The summed E-state index contributed by atoms with van der Waals surface area (Å²) in [6, 6.07) is 3.56. The van der Waals surface area contributed by atoms with E-state index in [9.17, 15) is 14.0 Å². The van der Waals surface area contributed by atoms with E-state index < -0.39 is 23.6 Å². The van der Waals surface area contributed by atoms with E-state index in [0.717, 1.165) is 6.07 Å². The highest BCUT2D eigenvalue weighted by atomic mass is 19.1. The third kappa shape index (κ3) is 3.44. The molecule has 1 rings (SSSR count). The Morgan fingerprint density at radius 1 is 1.50 bits per heavy atom. The minimum absolute atomic E-state index is 0.0339. The Morgan fingerprint density at radius 3 is 2.72 bits per heavy atom. The van der Waals surface area contributed by atoms with Gasteiger partial charge in [0.15, 0.2) is 0 Å². The maximum absolute atomic E-state index is 13.0. The minimum Gasteiger partial charge on any atom is -0.496 e. The standard InChI is InChI=1S/C12H14FNO4/c1-7(12(16)17)6-14-11(15)9-5-8(13)3-4-10(9)18-2/h3-5,7H,6H2,1-2H3,(H,14,15)(H,16,17). The molecule has 0 bridgehead atoms. The van der Waals surface area contributed by atoms with Crippen molar-refractivity contribution in [3.8, 4) is 5.75 Å². The number of carboxylic acids is 1. The number of benzene rings is 1. The summed E-state index contributed by atoms with van der Waals surface area (Å²) in [5.41, 5.74) is 0.0371. The lowest BCUT2D eigenvalue weighted by molar-refractivity contribution is -0.140. The van der Waals surface area contributed by atoms with Gasteiger partial charge in [-0.25, -0.2) is 4.39 Å². The van der Waals surface area contributed by atoms with Gasteiger partial charge in [-0.15, -0.1) is 0 Å². The van der Waals surface area contributed by atoms with E-state index >= 15 is 0 Å². The van der Waals surface area contributed by atoms with Crippen molar-refractivity contribution < 1.29 is 23.8 Å². The predicted molar refractivity (Wildman–Crippen MR) is 62.1 cm³/mol. The predicted octanol–water partition coefficient (Wildman–Crippen LogP) is 1.28. The molecule has 0 saturated carbocycles. The van der Waals surface area contributed by atoms with Crippen LogP contribution in [0.3, 0.4) is 0 Å². The fourth-order valence-corrected chi connectivity index (χ4v) is 1.29. The number of hydrogen-bond donors (Lipinski definition) is 2. The topological polar surface area (TPSA) is 75.6 Å². The van der Waals surface area contributed by atoms with Crippen molar-refractivity contribution in [2.45, 2.75) is 6.92 Å². The van der Waals surface area contributed by atoms with Crippen molar-refractivity contribution in [3.05, 3.63) is 29.6 Å². The molecule has 2 N–H and O–H groups in total. The number of methoxy groups -OCH3 is 1. The summed E-state index contributed by atoms with van der Waals surface area (Å²) < 4.78 is 18.0. The molecule has 0 aliphatic carbocycles. The summed E-state index contributed by atoms with van der Waals surface area (Å²) in [7, 11) is 1.36. The van der Waals surface area contributed by atoms with Crippen molar-refractivity contribution in [3.63, 3.8) is 0 Å². The highest BCUT2D eigenvalue weighted by Gasteiger charge is 2.16. The fraction of sp³-hybridized carbons (Fsp3) is 0.333. The Bertz CT molecular complexity index is 461. The SMILES string of the molecule is COc1ccc(F)cc1C(=O)NCC(C)C(=O)O. The molecule has 1 unspecified atom stereocenters. The second-order valence-corrected chi connectivity index (χ2v) is 3.79. The van der Waals surface area contributed by atoms with Gasteiger partial charge in [0.2, 0.25) is 0 Å². The molecule has 1 aromatic carbocycles. The van der Waals surface area contributed by atoms with E-state index in [-0.39, 0.29) is 17.9 Å². The van der Waals surface area contributed by atoms with Gasteiger partial charge in [0.05, 0.1) is 18.6 Å². The number of carbonyl (C=O) groups is 2. The van der Waals surface area contributed by atoms with Crippen LogP contribution in [0.5, 0.6) is 5.75 Å². The molecule has 1 atom stereocenters. The molecule has 0 heterocycles. The lowest BCUT2D eigenvalue weighted by atomic mass is 10.1. The minimum atomic E-state index is -1.01. The average molecular weight is 255 g/mol. The van der Waals surface area contributed by atoms with E-state index in [2.05, 4.69) is 5.32 Å². The van der Waals surface area contributed by atoms with Crippen LogP contribution < -0.4 is 10.1 Å². The molecule has 0 fully saturated rings. The molecule has 0 saturated heterocycles. The van der Waals surface area contributed by atoms with E-state index in [1.54, 1.807) is 0 Å². The van der Waals surface area contributed by atoms with Crippen molar-refractivity contribution in [1.82, 2.24) is 5.32 Å². The zero-order chi connectivity index (χ0) is 13.7. The van der Waals surface area contributed by atoms with Gasteiger partial charge < -0.3 is 15.2 Å². The molecular formula is C12H14FNO4. The number of carboxylic acid groups (broad SMARTS) is 1. The van der Waals surface area contributed by atoms with Gasteiger partial charge in [-0.3, -0.25) is 9.59 Å². The number of aliphatic carboxylic acids is 1. The second-order valence-electron chi connectivity index (χ2n) is 3.79. The van der Waals surface area contributed by atoms with Gasteiger partial charge in [-0.1, -0.05) is 6.92 Å². The van der Waals surface area contributed by atoms with Gasteiger partial charge in [-0.2, -0.15) is 0 Å². The molecule has 6 heteroatoms. The molecule has 0 radical (unpaired) electrons. The Kier molecular flexibility index (Phi) is 4.65. The van der Waals surface area contributed by atoms with Crippen molar-refractivity contribution >= 4 is 11.9 Å². The highest BCUT2D eigenvalue weighted by molar-refractivity contribution is 5.97. The van der Waals surface area contributed by atoms with Gasteiger partial charge in [0.1, 0.15) is 11.6 Å². The Labute approximate surface area is 104 Å². The van der Waals surface area contributed by atoms with Gasteiger partial charge in [0, 0.05) is 6.54 Å². The van der Waals surface area contributed by atoms with Crippen LogP contribution in [0.1, 0.15) is 17.3 Å². The largest absolute Gasteiger partial charge is 0.496 e. The monoisotopic (exact) mass is 255 g/mol. The maximum atomic E-state index is 13.0. The van der Waals surface area contributed by atoms with Gasteiger partial charge >= 0.3 is 5.97 Å². The molecule has 1 amide bonds. The molecule has 0 aliphatic heterocycles. The lowest BCUT2D eigenvalue weighted by Crippen LogP contribution is -2.31. The summed E-state index contributed by atoms with van der Waals surface area (Å²) in [6.45, 7) is 1.43. The quantitative estimate of drug-likeness (QED) is 0.831. The van der Waals surface area contributed by atoms with Crippen LogP contribution in [0.15, 0.2) is 18.2 Å². The molecule has 0 aliphatic rings. The average Bonchev–Trinajstić information content (AvgIpc) is 2.35. The normalized spacial score (nSPS) is 11.7. The molecule has 98 valence electrons. The Morgan fingerprint density at radius 2 is 2.17 bits per heavy atom. The number of amides is 1. The first-order chi connectivity index (χ1) is 8.45. The summed E-state index contributed by atoms with van der Waals surface area (Å²) >= 11 is 0. The molecule has 5 nitrogen and oxygen atoms in total. The number of carbonyl (C=O) groups excluding carboxylic acids is 1. The molecule has 0 aromatic heterocycles. The number of hydrogen-bond acceptors (Lipinski definition) is 3. The highest BCUT2D eigenvalue weighted by Crippen LogP contribution is 2.19. The van der Waals surface area contributed by atoms with Crippen molar-refractivity contribution in [2.24, 2.45) is 5.92 Å². The zero-order valence-corrected chi connectivity index (χ0v) is 10.1. The van der Waals surface area contributed by atoms with E-state index in [1.807, 2.05) is 0 Å². The first-order valence-electron chi connectivity index (χ1n) is 5.30. The number of nitrogens with one attached hydrogen (secondary N) is 1. The van der Waals surface area contributed by atoms with Crippen LogP contribution in [0.4, 0.5) is 4.39 Å². The fourth-order valence-electron chi connectivity index (χ4n) is 1.29. The molecule has 1 aromatic rings. The van der Waals surface area contributed by atoms with Crippen molar-refractivity contribution in [1.29, 1.82) is 0 Å². The van der Waals surface area contributed by atoms with Crippen molar-refractivity contribution in [2.75, 3.05) is 13.7 Å². The zero-order valence-electron chi connectivity index (χ0n) is 10.1. The number of halogens is 1. The van der Waals surface area contributed by atoms with E-state index in [4.69, 9.17) is 9.84 Å². The van der Waals surface area contributed by atoms with Crippen LogP contribution in [0, 0.1) is 11.7 Å². The molecule has 18 heavy (non-hydrogen) atoms. The number of ether oxygens (including phenoxy) is 1. The third-order valence-corrected chi connectivity index (χ3v) is 2.40. The summed E-state index contributed by atoms with van der Waals surface area (Å²) in [6.07, 6.45) is 0. The van der Waals surface area contributed by atoms with E-state index in [1.165, 1.54) is 26.2 Å². The summed E-state index contributed by atoms with van der Waals surface area (Å²) in [5.74, 6) is -2.63. The van der Waals surface area contributed by atoms with Gasteiger partial charge in [0.25, 0.3) is 5.91 Å². The Hall–Kier alpha value is -2.11.